The molecule has 2 aromatic heterocycles. The second-order valence-electron chi connectivity index (χ2n) is 7.88. The Labute approximate surface area is 197 Å². The van der Waals surface area contributed by atoms with E-state index in [1.807, 2.05) is 13.8 Å². The van der Waals surface area contributed by atoms with Crippen molar-refractivity contribution < 1.29 is 22.3 Å². The zero-order valence-corrected chi connectivity index (χ0v) is 19.8. The summed E-state index contributed by atoms with van der Waals surface area (Å²) in [4.78, 5) is 12.4. The quantitative estimate of drug-likeness (QED) is 0.450. The Kier molecular flexibility index (Phi) is 7.09. The van der Waals surface area contributed by atoms with Crippen molar-refractivity contribution in [2.24, 2.45) is 0 Å². The van der Waals surface area contributed by atoms with E-state index in [1.54, 1.807) is 29.1 Å². The normalized spacial score (nSPS) is 21.6. The van der Waals surface area contributed by atoms with E-state index in [0.717, 1.165) is 0 Å². The number of aromatic nitrogens is 4. The van der Waals surface area contributed by atoms with Gasteiger partial charge in [0, 0.05) is 12.1 Å². The van der Waals surface area contributed by atoms with Gasteiger partial charge in [0.25, 0.3) is 10.2 Å². The molecule has 0 spiro atoms. The highest BCUT2D eigenvalue weighted by molar-refractivity contribution is 7.87. The fraction of sp³-hybridized carbons (Fsp3) is 0.476. The van der Waals surface area contributed by atoms with E-state index in [1.165, 1.54) is 12.4 Å². The minimum Gasteiger partial charge on any atom is -0.382 e. The minimum absolute atomic E-state index is 0.0511. The molecule has 2 saturated heterocycles. The van der Waals surface area contributed by atoms with Crippen molar-refractivity contribution >= 4 is 27.2 Å². The third-order valence-corrected chi connectivity index (χ3v) is 6.91. The van der Waals surface area contributed by atoms with Gasteiger partial charge in [0.05, 0.1) is 25.6 Å². The summed E-state index contributed by atoms with van der Waals surface area (Å²) in [7, 11) is -3.95. The van der Waals surface area contributed by atoms with Gasteiger partial charge in [-0.1, -0.05) is 32.0 Å². The van der Waals surface area contributed by atoms with Gasteiger partial charge in [-0.05, 0) is 18.9 Å². The van der Waals surface area contributed by atoms with Gasteiger partial charge in [-0.15, -0.1) is 0 Å². The predicted octanol–water partition coefficient (Wildman–Crippen LogP) is 1.60. The fourth-order valence-corrected chi connectivity index (χ4v) is 5.26. The molecule has 0 bridgehead atoms. The van der Waals surface area contributed by atoms with Crippen LogP contribution in [0.15, 0.2) is 36.9 Å². The van der Waals surface area contributed by atoms with Gasteiger partial charge in [0.15, 0.2) is 11.5 Å². The van der Waals surface area contributed by atoms with Crippen LogP contribution < -0.4 is 15.2 Å². The van der Waals surface area contributed by atoms with Crippen molar-refractivity contribution in [1.29, 1.82) is 0 Å². The van der Waals surface area contributed by atoms with Crippen molar-refractivity contribution in [3.05, 3.63) is 48.3 Å². The minimum atomic E-state index is -3.95. The molecule has 0 radical (unpaired) electrons. The van der Waals surface area contributed by atoms with Crippen molar-refractivity contribution in [3.8, 4) is 0 Å². The van der Waals surface area contributed by atoms with E-state index >= 15 is 0 Å². The van der Waals surface area contributed by atoms with Crippen molar-refractivity contribution in [2.45, 2.75) is 44.6 Å². The molecule has 0 saturated carbocycles. The van der Waals surface area contributed by atoms with Crippen molar-refractivity contribution in [3.63, 3.8) is 0 Å². The number of rotatable bonds is 7. The van der Waals surface area contributed by atoms with Gasteiger partial charge in [-0.25, -0.2) is 19.3 Å². The molecule has 5 rings (SSSR count). The molecule has 184 valence electrons. The first-order valence-corrected chi connectivity index (χ1v) is 12.5. The maximum Gasteiger partial charge on any atom is 0.277 e. The molecule has 2 fully saturated rings. The first-order valence-electron chi connectivity index (χ1n) is 11.1. The standard InChI is InChI=1S/C19H22FN7O4S.C2H6/c20-14-4-2-1-3-13(14)19(8-30-9-19)26-32(28,29)25-7-12-5-6-15(31-12)27-11-24-16-17(21)22-10-23-18(16)27;1-2/h1-4,10-12,15,25-26H,5-9H2,(H2,21,22,23);1-2H3. The van der Waals surface area contributed by atoms with Crippen LogP contribution in [0.3, 0.4) is 0 Å². The van der Waals surface area contributed by atoms with Crippen LogP contribution in [0.1, 0.15) is 38.5 Å². The lowest BCUT2D eigenvalue weighted by Gasteiger charge is -2.42. The number of hydrogen-bond acceptors (Lipinski definition) is 8. The van der Waals surface area contributed by atoms with Crippen LogP contribution >= 0.6 is 0 Å². The average molecular weight is 494 g/mol. The highest BCUT2D eigenvalue weighted by Gasteiger charge is 2.45. The number of nitrogens with zero attached hydrogens (tertiary/aromatic N) is 4. The molecular weight excluding hydrogens is 465 g/mol. The molecule has 4 N–H and O–H groups in total. The van der Waals surface area contributed by atoms with Gasteiger partial charge in [-0.3, -0.25) is 4.57 Å². The lowest BCUT2D eigenvalue weighted by molar-refractivity contribution is -0.0682. The first-order chi connectivity index (χ1) is 16.4. The van der Waals surface area contributed by atoms with Crippen molar-refractivity contribution in [1.82, 2.24) is 29.0 Å². The molecule has 4 heterocycles. The Morgan fingerprint density at radius 2 is 1.97 bits per heavy atom. The van der Waals surface area contributed by atoms with E-state index < -0.39 is 21.6 Å². The van der Waals surface area contributed by atoms with Crippen LogP contribution in [-0.2, 0) is 25.2 Å². The Balaban J connectivity index is 0.00000133. The summed E-state index contributed by atoms with van der Waals surface area (Å²) >= 11 is 0. The van der Waals surface area contributed by atoms with Crippen LogP contribution in [0.25, 0.3) is 11.2 Å². The predicted molar refractivity (Wildman–Crippen MR) is 123 cm³/mol. The topological polar surface area (TPSA) is 146 Å². The highest BCUT2D eigenvalue weighted by atomic mass is 32.2. The number of halogens is 1. The third kappa shape index (κ3) is 4.74. The molecule has 2 atom stereocenters. The van der Waals surface area contributed by atoms with Crippen molar-refractivity contribution in [2.75, 3.05) is 25.5 Å². The largest absolute Gasteiger partial charge is 0.382 e. The van der Waals surface area contributed by atoms with Gasteiger partial charge in [0.2, 0.25) is 0 Å². The summed E-state index contributed by atoms with van der Waals surface area (Å²) in [5.74, 6) is -0.205. The van der Waals surface area contributed by atoms with Crippen LogP contribution in [0.2, 0.25) is 0 Å². The van der Waals surface area contributed by atoms with E-state index in [2.05, 4.69) is 24.4 Å². The molecule has 2 unspecified atom stereocenters. The van der Waals surface area contributed by atoms with Gasteiger partial charge in [-0.2, -0.15) is 17.9 Å². The number of nitrogen functional groups attached to an aromatic ring is 1. The second kappa shape index (κ2) is 9.88. The van der Waals surface area contributed by atoms with E-state index in [-0.39, 0.29) is 43.5 Å². The molecule has 3 aromatic rings. The SMILES string of the molecule is CC.Nc1ncnc2c1ncn2C1CCC(CNS(=O)(=O)NC2(c3ccccc3F)COC2)O1. The maximum atomic E-state index is 14.3. The second-order valence-corrected chi connectivity index (χ2v) is 9.38. The zero-order valence-electron chi connectivity index (χ0n) is 18.9. The van der Waals surface area contributed by atoms with E-state index in [9.17, 15) is 12.8 Å². The molecule has 13 heteroatoms. The van der Waals surface area contributed by atoms with Crippen LogP contribution in [0, 0.1) is 5.82 Å². The number of anilines is 1. The van der Waals surface area contributed by atoms with E-state index in [0.29, 0.717) is 24.0 Å². The Bertz CT molecular complexity index is 1250. The number of ether oxygens (including phenoxy) is 2. The van der Waals surface area contributed by atoms with E-state index in [4.69, 9.17) is 15.2 Å². The summed E-state index contributed by atoms with van der Waals surface area (Å²) in [6.45, 7) is 4.16. The smallest absolute Gasteiger partial charge is 0.277 e. The molecule has 0 amide bonds. The lowest BCUT2D eigenvalue weighted by atomic mass is 9.89. The molecule has 2 aliphatic rings. The summed E-state index contributed by atoms with van der Waals surface area (Å²) in [5.41, 5.74) is 5.99. The molecule has 2 aliphatic heterocycles. The Morgan fingerprint density at radius 3 is 2.68 bits per heavy atom. The molecule has 0 aliphatic carbocycles. The lowest BCUT2D eigenvalue weighted by Crippen LogP contribution is -2.62. The van der Waals surface area contributed by atoms with Gasteiger partial charge < -0.3 is 15.2 Å². The number of imidazole rings is 1. The molecular formula is C21H28FN7O4S. The first kappa shape index (κ1) is 24.4. The maximum absolute atomic E-state index is 14.3. The fourth-order valence-electron chi connectivity index (χ4n) is 4.04. The number of fused-ring (bicyclic) bond motifs is 1. The van der Waals surface area contributed by atoms with Crippen LogP contribution in [0.5, 0.6) is 0 Å². The summed E-state index contributed by atoms with van der Waals surface area (Å²) in [6.07, 6.45) is 3.54. The number of hydrogen-bond donors (Lipinski definition) is 3. The summed E-state index contributed by atoms with van der Waals surface area (Å²) < 4.78 is 57.7. The monoisotopic (exact) mass is 493 g/mol. The van der Waals surface area contributed by atoms with Crippen LogP contribution in [0.4, 0.5) is 10.2 Å². The van der Waals surface area contributed by atoms with Gasteiger partial charge in [0.1, 0.15) is 29.4 Å². The average Bonchev–Trinajstić information content (AvgIpc) is 3.45. The molecule has 1 aromatic carbocycles. The molecule has 11 nitrogen and oxygen atoms in total. The number of nitrogens with one attached hydrogen (secondary N) is 2. The summed E-state index contributed by atoms with van der Waals surface area (Å²) in [5, 5.41) is 0. The Hall–Kier alpha value is -2.71. The van der Waals surface area contributed by atoms with Gasteiger partial charge >= 0.3 is 0 Å². The third-order valence-electron chi connectivity index (χ3n) is 5.70. The summed E-state index contributed by atoms with van der Waals surface area (Å²) in [6, 6.07) is 6.06. The zero-order chi connectivity index (χ0) is 24.3. The Morgan fingerprint density at radius 1 is 1.21 bits per heavy atom. The highest BCUT2D eigenvalue weighted by Crippen LogP contribution is 2.33. The van der Waals surface area contributed by atoms with Crippen LogP contribution in [-0.4, -0.2) is 53.8 Å². The number of nitrogens with two attached hydrogens (primary N) is 1. The molecule has 34 heavy (non-hydrogen) atoms. The number of benzene rings is 1.